The summed E-state index contributed by atoms with van der Waals surface area (Å²) in [5, 5.41) is 0. The molecule has 0 radical (unpaired) electrons. The fraction of sp³-hybridized carbons (Fsp3) is 0.316. The molecule has 0 unspecified atom stereocenters. The molecule has 2 aromatic carbocycles. The van der Waals surface area contributed by atoms with Crippen molar-refractivity contribution in [2.24, 2.45) is 0 Å². The summed E-state index contributed by atoms with van der Waals surface area (Å²) < 4.78 is 5.94. The minimum atomic E-state index is 0.542. The van der Waals surface area contributed by atoms with Gasteiger partial charge in [-0.15, -0.1) is 0 Å². The average Bonchev–Trinajstić information content (AvgIpc) is 2.46. The van der Waals surface area contributed by atoms with E-state index in [0.29, 0.717) is 18.1 Å². The molecule has 2 rings (SSSR count). The molecule has 0 amide bonds. The van der Waals surface area contributed by atoms with Gasteiger partial charge in [0.2, 0.25) is 0 Å². The molecule has 0 aliphatic heterocycles. The van der Waals surface area contributed by atoms with Gasteiger partial charge >= 0.3 is 0 Å². The van der Waals surface area contributed by atoms with Gasteiger partial charge in [0.25, 0.3) is 0 Å². The molecular weight excluding hydrogens is 260 g/mol. The lowest BCUT2D eigenvalue weighted by molar-refractivity contribution is 0.112. The molecule has 0 heterocycles. The Bertz CT molecular complexity index is 602. The normalized spacial score (nSPS) is 10.7. The molecule has 0 saturated heterocycles. The Morgan fingerprint density at radius 3 is 2.10 bits per heavy atom. The molecule has 21 heavy (non-hydrogen) atoms. The number of carbonyl (C=O) groups is 1. The first-order valence-corrected chi connectivity index (χ1v) is 7.29. The zero-order valence-electron chi connectivity index (χ0n) is 13.1. The highest BCUT2D eigenvalue weighted by Gasteiger charge is 2.07. The third kappa shape index (κ3) is 3.72. The second-order valence-electron chi connectivity index (χ2n) is 5.79. The fourth-order valence-corrected chi connectivity index (χ4v) is 2.43. The predicted octanol–water partition coefficient (Wildman–Crippen LogP) is 4.82. The highest BCUT2D eigenvalue weighted by molar-refractivity contribution is 5.76. The molecule has 0 aliphatic carbocycles. The summed E-state index contributed by atoms with van der Waals surface area (Å²) in [4.78, 5) is 10.8. The molecular formula is C19H22O2. The number of hydrogen-bond acceptors (Lipinski definition) is 2. The van der Waals surface area contributed by atoms with Crippen LogP contribution >= 0.6 is 0 Å². The van der Waals surface area contributed by atoms with E-state index in [-0.39, 0.29) is 0 Å². The van der Waals surface area contributed by atoms with Gasteiger partial charge in [0.15, 0.2) is 0 Å². The van der Waals surface area contributed by atoms with E-state index in [1.807, 2.05) is 26.0 Å². The van der Waals surface area contributed by atoms with Crippen molar-refractivity contribution in [2.75, 3.05) is 0 Å². The zero-order chi connectivity index (χ0) is 15.4. The van der Waals surface area contributed by atoms with Crippen LogP contribution in [0, 0.1) is 13.8 Å². The van der Waals surface area contributed by atoms with E-state index < -0.39 is 0 Å². The van der Waals surface area contributed by atoms with Gasteiger partial charge in [0, 0.05) is 5.56 Å². The van der Waals surface area contributed by atoms with E-state index in [4.69, 9.17) is 4.74 Å². The van der Waals surface area contributed by atoms with Crippen LogP contribution in [0.2, 0.25) is 0 Å². The number of rotatable bonds is 5. The summed E-state index contributed by atoms with van der Waals surface area (Å²) in [7, 11) is 0. The number of benzene rings is 2. The van der Waals surface area contributed by atoms with E-state index in [1.165, 1.54) is 5.56 Å². The number of hydrogen-bond donors (Lipinski definition) is 0. The molecule has 0 saturated carbocycles. The summed E-state index contributed by atoms with van der Waals surface area (Å²) in [5.41, 5.74) is 5.17. The zero-order valence-corrected chi connectivity index (χ0v) is 13.1. The Morgan fingerprint density at radius 1 is 1.05 bits per heavy atom. The molecule has 2 heteroatoms. The first kappa shape index (κ1) is 15.3. The van der Waals surface area contributed by atoms with Crippen LogP contribution in [0.1, 0.15) is 52.4 Å². The summed E-state index contributed by atoms with van der Waals surface area (Å²) in [6.07, 6.45) is 0.869. The van der Waals surface area contributed by atoms with Crippen molar-refractivity contribution in [3.63, 3.8) is 0 Å². The molecule has 0 aliphatic rings. The van der Waals surface area contributed by atoms with Crippen LogP contribution in [0.3, 0.4) is 0 Å². The molecule has 0 aromatic heterocycles. The maximum atomic E-state index is 10.8. The van der Waals surface area contributed by atoms with Gasteiger partial charge in [0.05, 0.1) is 0 Å². The molecule has 2 aromatic rings. The monoisotopic (exact) mass is 282 g/mol. The Labute approximate surface area is 126 Å². The Morgan fingerprint density at radius 2 is 1.62 bits per heavy atom. The van der Waals surface area contributed by atoms with Crippen LogP contribution in [0.4, 0.5) is 0 Å². The second-order valence-corrected chi connectivity index (χ2v) is 5.79. The third-order valence-electron chi connectivity index (χ3n) is 3.65. The lowest BCUT2D eigenvalue weighted by Gasteiger charge is -2.13. The lowest BCUT2D eigenvalue weighted by Crippen LogP contribution is -2.00. The lowest BCUT2D eigenvalue weighted by atomic mass is 10.0. The highest BCUT2D eigenvalue weighted by Crippen LogP contribution is 2.25. The van der Waals surface area contributed by atoms with Crippen LogP contribution < -0.4 is 4.74 Å². The van der Waals surface area contributed by atoms with Gasteiger partial charge in [-0.3, -0.25) is 4.79 Å². The minimum absolute atomic E-state index is 0.542. The van der Waals surface area contributed by atoms with Crippen LogP contribution in [0.25, 0.3) is 0 Å². The van der Waals surface area contributed by atoms with Gasteiger partial charge in [-0.05, 0) is 54.2 Å². The first-order valence-electron chi connectivity index (χ1n) is 7.29. The van der Waals surface area contributed by atoms with Gasteiger partial charge < -0.3 is 4.74 Å². The standard InChI is InChI=1S/C19H22O2/c1-13(2)18-7-5-16(6-8-18)12-21-19-14(3)9-17(11-20)10-15(19)4/h5-11,13H,12H2,1-4H3. The fourth-order valence-electron chi connectivity index (χ4n) is 2.43. The van der Waals surface area contributed by atoms with Crippen molar-refractivity contribution in [1.29, 1.82) is 0 Å². The van der Waals surface area contributed by atoms with Gasteiger partial charge in [-0.1, -0.05) is 38.1 Å². The van der Waals surface area contributed by atoms with E-state index in [2.05, 4.69) is 38.1 Å². The van der Waals surface area contributed by atoms with Gasteiger partial charge in [-0.25, -0.2) is 0 Å². The average molecular weight is 282 g/mol. The van der Waals surface area contributed by atoms with E-state index in [9.17, 15) is 4.79 Å². The van der Waals surface area contributed by atoms with Crippen molar-refractivity contribution < 1.29 is 9.53 Å². The van der Waals surface area contributed by atoms with Crippen LogP contribution in [0.15, 0.2) is 36.4 Å². The number of ether oxygens (including phenoxy) is 1. The first-order chi connectivity index (χ1) is 10.0. The van der Waals surface area contributed by atoms with Crippen molar-refractivity contribution >= 4 is 6.29 Å². The molecule has 110 valence electrons. The van der Waals surface area contributed by atoms with Crippen molar-refractivity contribution in [3.8, 4) is 5.75 Å². The maximum absolute atomic E-state index is 10.8. The van der Waals surface area contributed by atoms with Crippen molar-refractivity contribution in [2.45, 2.75) is 40.2 Å². The largest absolute Gasteiger partial charge is 0.488 e. The third-order valence-corrected chi connectivity index (χ3v) is 3.65. The molecule has 2 nitrogen and oxygen atoms in total. The van der Waals surface area contributed by atoms with Crippen LogP contribution in [0.5, 0.6) is 5.75 Å². The van der Waals surface area contributed by atoms with E-state index >= 15 is 0 Å². The van der Waals surface area contributed by atoms with Crippen LogP contribution in [-0.2, 0) is 6.61 Å². The van der Waals surface area contributed by atoms with Gasteiger partial charge in [-0.2, -0.15) is 0 Å². The van der Waals surface area contributed by atoms with Crippen LogP contribution in [-0.4, -0.2) is 6.29 Å². The maximum Gasteiger partial charge on any atom is 0.150 e. The number of aryl methyl sites for hydroxylation is 2. The topological polar surface area (TPSA) is 26.3 Å². The summed E-state index contributed by atoms with van der Waals surface area (Å²) in [5.74, 6) is 1.41. The van der Waals surface area contributed by atoms with E-state index in [0.717, 1.165) is 28.7 Å². The molecule has 0 bridgehead atoms. The number of carbonyl (C=O) groups excluding carboxylic acids is 1. The van der Waals surface area contributed by atoms with Crippen molar-refractivity contribution in [3.05, 3.63) is 64.2 Å². The SMILES string of the molecule is Cc1cc(C=O)cc(C)c1OCc1ccc(C(C)C)cc1. The van der Waals surface area contributed by atoms with Crippen molar-refractivity contribution in [1.82, 2.24) is 0 Å². The Balaban J connectivity index is 2.11. The van der Waals surface area contributed by atoms with E-state index in [1.54, 1.807) is 0 Å². The molecule has 0 spiro atoms. The minimum Gasteiger partial charge on any atom is -0.488 e. The molecule has 0 atom stereocenters. The summed E-state index contributed by atoms with van der Waals surface area (Å²) in [6, 6.07) is 12.2. The van der Waals surface area contributed by atoms with Gasteiger partial charge in [0.1, 0.15) is 18.6 Å². The number of aldehydes is 1. The smallest absolute Gasteiger partial charge is 0.150 e. The highest BCUT2D eigenvalue weighted by atomic mass is 16.5. The molecule has 0 fully saturated rings. The second kappa shape index (κ2) is 6.57. The predicted molar refractivity (Wildman–Crippen MR) is 86.2 cm³/mol. The Hall–Kier alpha value is -2.09. The summed E-state index contributed by atoms with van der Waals surface area (Å²) >= 11 is 0. The quantitative estimate of drug-likeness (QED) is 0.735. The summed E-state index contributed by atoms with van der Waals surface area (Å²) in [6.45, 7) is 8.86. The Kier molecular flexibility index (Phi) is 4.79. The molecule has 0 N–H and O–H groups in total.